The van der Waals surface area contributed by atoms with Gasteiger partial charge in [-0.2, -0.15) is 0 Å². The molecule has 0 radical (unpaired) electrons. The van der Waals surface area contributed by atoms with Crippen molar-refractivity contribution in [2.24, 2.45) is 11.8 Å². The normalized spacial score (nSPS) is 25.8. The zero-order valence-electron chi connectivity index (χ0n) is 28.4. The molecule has 0 aliphatic carbocycles. The molecular formula is C35H50O9. The van der Waals surface area contributed by atoms with Crippen molar-refractivity contribution >= 4 is 11.8 Å². The van der Waals surface area contributed by atoms with Crippen LogP contribution in [-0.4, -0.2) is 34.9 Å². The van der Waals surface area contributed by atoms with E-state index < -0.39 is 53.6 Å². The summed E-state index contributed by atoms with van der Waals surface area (Å²) in [7, 11) is 0. The smallest absolute Gasteiger partial charge is 0.305 e. The standard InChI is InChI=1S/C35H50O9/c1-13-25(36)16(4)30-18(6)29(39)19(7)31(43-30)21(9)32-22(10)34(42-27(37)15-3)24(12)35(40,44-32)23(11)33-20(8)28(38)17(5)26(14-2)41-33/h16,21-24,32,34,40H,13-15H2,1-12H3. The lowest BCUT2D eigenvalue weighted by molar-refractivity contribution is -0.331. The number of ether oxygens (including phenoxy) is 2. The average molecular weight is 615 g/mol. The first-order chi connectivity index (χ1) is 20.5. The summed E-state index contributed by atoms with van der Waals surface area (Å²) in [6.07, 6.45) is -0.609. The zero-order chi connectivity index (χ0) is 33.4. The van der Waals surface area contributed by atoms with E-state index >= 15 is 0 Å². The van der Waals surface area contributed by atoms with E-state index in [0.29, 0.717) is 58.1 Å². The van der Waals surface area contributed by atoms with E-state index in [1.54, 1.807) is 62.3 Å². The van der Waals surface area contributed by atoms with Gasteiger partial charge in [0.15, 0.2) is 16.6 Å². The molecule has 0 aromatic carbocycles. The van der Waals surface area contributed by atoms with Gasteiger partial charge in [-0.1, -0.05) is 48.5 Å². The Hall–Kier alpha value is -3.04. The first-order valence-corrected chi connectivity index (χ1v) is 15.9. The van der Waals surface area contributed by atoms with E-state index in [1.807, 2.05) is 20.8 Å². The van der Waals surface area contributed by atoms with Crippen molar-refractivity contribution < 1.29 is 33.0 Å². The van der Waals surface area contributed by atoms with Gasteiger partial charge in [0.05, 0.1) is 17.9 Å². The first kappa shape index (κ1) is 35.4. The highest BCUT2D eigenvalue weighted by molar-refractivity contribution is 5.84. The van der Waals surface area contributed by atoms with Gasteiger partial charge in [-0.05, 0) is 34.6 Å². The number of carbonyl (C=O) groups is 2. The van der Waals surface area contributed by atoms with Gasteiger partial charge in [0, 0.05) is 59.3 Å². The molecule has 3 rings (SSSR count). The number of carbonyl (C=O) groups excluding carboxylic acids is 2. The minimum atomic E-state index is -1.93. The third kappa shape index (κ3) is 6.10. The quantitative estimate of drug-likeness (QED) is 0.317. The third-order valence-corrected chi connectivity index (χ3v) is 9.87. The highest BCUT2D eigenvalue weighted by Gasteiger charge is 2.57. The lowest BCUT2D eigenvalue weighted by Crippen LogP contribution is -2.61. The zero-order valence-corrected chi connectivity index (χ0v) is 28.4. The maximum Gasteiger partial charge on any atom is 0.305 e. The molecule has 0 saturated carbocycles. The van der Waals surface area contributed by atoms with Crippen molar-refractivity contribution in [2.75, 3.05) is 0 Å². The second-order valence-corrected chi connectivity index (χ2v) is 12.6. The van der Waals surface area contributed by atoms with Gasteiger partial charge in [-0.3, -0.25) is 19.2 Å². The van der Waals surface area contributed by atoms with E-state index in [1.165, 1.54) is 0 Å². The van der Waals surface area contributed by atoms with Crippen LogP contribution in [0.3, 0.4) is 0 Å². The summed E-state index contributed by atoms with van der Waals surface area (Å²) >= 11 is 0. The number of esters is 1. The van der Waals surface area contributed by atoms with Gasteiger partial charge in [-0.15, -0.1) is 0 Å². The van der Waals surface area contributed by atoms with E-state index in [4.69, 9.17) is 18.3 Å². The monoisotopic (exact) mass is 614 g/mol. The predicted molar refractivity (Wildman–Crippen MR) is 167 cm³/mol. The molecule has 0 amide bonds. The van der Waals surface area contributed by atoms with Crippen LogP contribution in [0.5, 0.6) is 0 Å². The van der Waals surface area contributed by atoms with Gasteiger partial charge in [0.1, 0.15) is 34.9 Å². The Morgan fingerprint density at radius 3 is 1.93 bits per heavy atom. The Morgan fingerprint density at radius 1 is 0.841 bits per heavy atom. The van der Waals surface area contributed by atoms with Crippen LogP contribution in [0.15, 0.2) is 18.4 Å². The summed E-state index contributed by atoms with van der Waals surface area (Å²) < 4.78 is 25.2. The minimum Gasteiger partial charge on any atom is -0.465 e. The van der Waals surface area contributed by atoms with Crippen LogP contribution in [-0.2, 0) is 25.5 Å². The molecule has 0 bridgehead atoms. The Morgan fingerprint density at radius 2 is 1.39 bits per heavy atom. The summed E-state index contributed by atoms with van der Waals surface area (Å²) in [6, 6.07) is 0. The lowest BCUT2D eigenvalue weighted by Gasteiger charge is -2.52. The second kappa shape index (κ2) is 13.5. The van der Waals surface area contributed by atoms with Crippen LogP contribution >= 0.6 is 0 Å². The van der Waals surface area contributed by atoms with Crippen molar-refractivity contribution in [3.05, 3.63) is 65.7 Å². The molecule has 1 N–H and O–H groups in total. The SMILES string of the molecule is CCC(=O)OC1C(C)C(C(C)c2oc(C(C)C(=O)CC)c(C)c(=O)c2C)OC(O)(C(C)c2oc(CC)c(C)c(=O)c2C)C1C. The fourth-order valence-corrected chi connectivity index (χ4v) is 6.78. The van der Waals surface area contributed by atoms with Crippen molar-refractivity contribution in [3.8, 4) is 0 Å². The van der Waals surface area contributed by atoms with Gasteiger partial charge < -0.3 is 23.4 Å². The van der Waals surface area contributed by atoms with E-state index in [0.717, 1.165) is 0 Å². The van der Waals surface area contributed by atoms with Crippen LogP contribution in [0.4, 0.5) is 0 Å². The molecular weight excluding hydrogens is 564 g/mol. The molecule has 9 heteroatoms. The number of hydrogen-bond donors (Lipinski definition) is 1. The Bertz CT molecular complexity index is 1520. The minimum absolute atomic E-state index is 0.0500. The van der Waals surface area contributed by atoms with Crippen LogP contribution < -0.4 is 10.9 Å². The van der Waals surface area contributed by atoms with Crippen LogP contribution in [0.1, 0.15) is 131 Å². The van der Waals surface area contributed by atoms with Gasteiger partial charge in [0.25, 0.3) is 0 Å². The third-order valence-electron chi connectivity index (χ3n) is 9.87. The summed E-state index contributed by atoms with van der Waals surface area (Å²) in [6.45, 7) is 21.0. The number of aryl methyl sites for hydroxylation is 1. The van der Waals surface area contributed by atoms with E-state index in [9.17, 15) is 24.3 Å². The summed E-state index contributed by atoms with van der Waals surface area (Å²) in [5, 5.41) is 12.5. The first-order valence-electron chi connectivity index (χ1n) is 15.9. The number of hydrogen-bond acceptors (Lipinski definition) is 9. The van der Waals surface area contributed by atoms with Crippen LogP contribution in [0.25, 0.3) is 0 Å². The maximum absolute atomic E-state index is 13.4. The second-order valence-electron chi connectivity index (χ2n) is 12.6. The number of aliphatic hydroxyl groups is 1. The average Bonchev–Trinajstić information content (AvgIpc) is 3.01. The molecule has 2 aromatic rings. The summed E-state index contributed by atoms with van der Waals surface area (Å²) in [5.41, 5.74) is 1.29. The Kier molecular flexibility index (Phi) is 10.9. The lowest BCUT2D eigenvalue weighted by atomic mass is 9.72. The van der Waals surface area contributed by atoms with Crippen molar-refractivity contribution in [2.45, 2.75) is 138 Å². The molecule has 1 aliphatic heterocycles. The predicted octanol–water partition coefficient (Wildman–Crippen LogP) is 6.06. The maximum atomic E-state index is 13.4. The Labute approximate surface area is 260 Å². The summed E-state index contributed by atoms with van der Waals surface area (Å²) in [4.78, 5) is 51.8. The van der Waals surface area contributed by atoms with Crippen molar-refractivity contribution in [1.82, 2.24) is 0 Å². The number of Topliss-reactive ketones (excluding diaryl/α,β-unsaturated/α-hetero) is 1. The van der Waals surface area contributed by atoms with Gasteiger partial charge in [-0.25, -0.2) is 0 Å². The summed E-state index contributed by atoms with van der Waals surface area (Å²) in [5.74, 6) is -4.08. The van der Waals surface area contributed by atoms with Crippen LogP contribution in [0, 0.1) is 39.5 Å². The molecule has 8 atom stereocenters. The van der Waals surface area contributed by atoms with E-state index in [-0.39, 0.29) is 23.1 Å². The Balaban J connectivity index is 2.22. The molecule has 3 heterocycles. The highest BCUT2D eigenvalue weighted by atomic mass is 16.6. The fourth-order valence-electron chi connectivity index (χ4n) is 6.78. The van der Waals surface area contributed by atoms with Crippen molar-refractivity contribution in [1.29, 1.82) is 0 Å². The van der Waals surface area contributed by atoms with Crippen LogP contribution in [0.2, 0.25) is 0 Å². The van der Waals surface area contributed by atoms with Gasteiger partial charge in [0.2, 0.25) is 0 Å². The molecule has 244 valence electrons. The molecule has 8 unspecified atom stereocenters. The fraction of sp³-hybridized carbons (Fsp3) is 0.657. The topological polar surface area (TPSA) is 133 Å². The molecule has 9 nitrogen and oxygen atoms in total. The molecule has 44 heavy (non-hydrogen) atoms. The molecule has 1 aliphatic rings. The van der Waals surface area contributed by atoms with Gasteiger partial charge >= 0.3 is 5.97 Å². The van der Waals surface area contributed by atoms with Crippen molar-refractivity contribution in [3.63, 3.8) is 0 Å². The molecule has 1 saturated heterocycles. The number of rotatable bonds is 10. The molecule has 2 aromatic heterocycles. The largest absolute Gasteiger partial charge is 0.465 e. The molecule has 0 spiro atoms. The van der Waals surface area contributed by atoms with E-state index in [2.05, 4.69) is 0 Å². The molecule has 1 fully saturated rings. The number of ketones is 1. The highest BCUT2D eigenvalue weighted by Crippen LogP contribution is 2.49.